The molecule has 2 aromatic rings. The van der Waals surface area contributed by atoms with Gasteiger partial charge in [-0.25, -0.2) is 8.42 Å². The van der Waals surface area contributed by atoms with Crippen LogP contribution >= 0.6 is 0 Å². The highest BCUT2D eigenvalue weighted by molar-refractivity contribution is 7.92. The minimum absolute atomic E-state index is 0.0570. The van der Waals surface area contributed by atoms with Crippen LogP contribution in [0.2, 0.25) is 0 Å². The number of ether oxygens (including phenoxy) is 4. The molecule has 10 heteroatoms. The summed E-state index contributed by atoms with van der Waals surface area (Å²) >= 11 is 0. The standard InChI is InChI=1S/C19H24N2O7S/c1-6-18(22)20-14-11-13(7-8-15(14)25-2)29(23,24)21-12-9-16(26-3)19(28-5)17(10-12)27-4/h7-11,21H,6H2,1-5H3,(H,20,22). The van der Waals surface area contributed by atoms with Crippen LogP contribution in [0.5, 0.6) is 23.0 Å². The van der Waals surface area contributed by atoms with Gasteiger partial charge in [0.15, 0.2) is 11.5 Å². The third-order valence-corrected chi connectivity index (χ3v) is 5.37. The van der Waals surface area contributed by atoms with Crippen LogP contribution in [-0.2, 0) is 14.8 Å². The molecule has 0 fully saturated rings. The lowest BCUT2D eigenvalue weighted by Gasteiger charge is -2.16. The van der Waals surface area contributed by atoms with Crippen LogP contribution in [0.4, 0.5) is 11.4 Å². The van der Waals surface area contributed by atoms with Crippen LogP contribution in [0.1, 0.15) is 13.3 Å². The number of carbonyl (C=O) groups excluding carboxylic acids is 1. The summed E-state index contributed by atoms with van der Waals surface area (Å²) in [5.74, 6) is 1.02. The minimum Gasteiger partial charge on any atom is -0.495 e. The molecule has 0 saturated heterocycles. The number of hydrogen-bond acceptors (Lipinski definition) is 7. The van der Waals surface area contributed by atoms with Gasteiger partial charge in [-0.3, -0.25) is 9.52 Å². The predicted molar refractivity (Wildman–Crippen MR) is 109 cm³/mol. The van der Waals surface area contributed by atoms with Crippen molar-refractivity contribution in [3.63, 3.8) is 0 Å². The number of benzene rings is 2. The molecule has 0 aromatic heterocycles. The fourth-order valence-electron chi connectivity index (χ4n) is 2.54. The molecule has 2 aromatic carbocycles. The van der Waals surface area contributed by atoms with Gasteiger partial charge in [-0.05, 0) is 18.2 Å². The molecule has 29 heavy (non-hydrogen) atoms. The summed E-state index contributed by atoms with van der Waals surface area (Å²) in [6.07, 6.45) is 0.240. The Hall–Kier alpha value is -3.14. The highest BCUT2D eigenvalue weighted by atomic mass is 32.2. The summed E-state index contributed by atoms with van der Waals surface area (Å²) in [7, 11) is 1.76. The Kier molecular flexibility index (Phi) is 7.16. The maximum Gasteiger partial charge on any atom is 0.261 e. The van der Waals surface area contributed by atoms with E-state index in [1.165, 1.54) is 58.8 Å². The van der Waals surface area contributed by atoms with E-state index in [0.29, 0.717) is 23.0 Å². The Morgan fingerprint density at radius 3 is 1.97 bits per heavy atom. The second-order valence-electron chi connectivity index (χ2n) is 5.78. The Morgan fingerprint density at radius 2 is 1.48 bits per heavy atom. The molecule has 2 N–H and O–H groups in total. The molecule has 0 atom stereocenters. The molecule has 0 aliphatic heterocycles. The normalized spacial score (nSPS) is 10.8. The molecule has 158 valence electrons. The smallest absolute Gasteiger partial charge is 0.261 e. The van der Waals surface area contributed by atoms with E-state index in [1.54, 1.807) is 6.92 Å². The third-order valence-electron chi connectivity index (χ3n) is 3.99. The fourth-order valence-corrected chi connectivity index (χ4v) is 3.61. The van der Waals surface area contributed by atoms with E-state index in [2.05, 4.69) is 10.0 Å². The summed E-state index contributed by atoms with van der Waals surface area (Å²) in [5.41, 5.74) is 0.474. The monoisotopic (exact) mass is 424 g/mol. The zero-order valence-corrected chi connectivity index (χ0v) is 17.7. The summed E-state index contributed by atoms with van der Waals surface area (Å²) in [5, 5.41) is 2.63. The van der Waals surface area contributed by atoms with Crippen LogP contribution in [0, 0.1) is 0 Å². The van der Waals surface area contributed by atoms with Gasteiger partial charge in [-0.2, -0.15) is 0 Å². The van der Waals surface area contributed by atoms with Crippen LogP contribution in [0.25, 0.3) is 0 Å². The first-order chi connectivity index (χ1) is 13.8. The Morgan fingerprint density at radius 1 is 0.897 bits per heavy atom. The van der Waals surface area contributed by atoms with Crippen molar-refractivity contribution in [1.82, 2.24) is 0 Å². The van der Waals surface area contributed by atoms with E-state index in [4.69, 9.17) is 18.9 Å². The molecular formula is C19H24N2O7S. The highest BCUT2D eigenvalue weighted by Gasteiger charge is 2.20. The summed E-state index contributed by atoms with van der Waals surface area (Å²) in [6.45, 7) is 1.69. The van der Waals surface area contributed by atoms with Crippen molar-refractivity contribution >= 4 is 27.3 Å². The summed E-state index contributed by atoms with van der Waals surface area (Å²) in [4.78, 5) is 11.7. The van der Waals surface area contributed by atoms with Crippen molar-refractivity contribution in [1.29, 1.82) is 0 Å². The van der Waals surface area contributed by atoms with Crippen molar-refractivity contribution in [2.24, 2.45) is 0 Å². The second-order valence-corrected chi connectivity index (χ2v) is 7.47. The first-order valence-electron chi connectivity index (χ1n) is 8.60. The molecule has 0 spiro atoms. The largest absolute Gasteiger partial charge is 0.495 e. The lowest BCUT2D eigenvalue weighted by atomic mass is 10.2. The van der Waals surface area contributed by atoms with Crippen molar-refractivity contribution in [3.05, 3.63) is 30.3 Å². The third kappa shape index (κ3) is 5.02. The lowest BCUT2D eigenvalue weighted by molar-refractivity contribution is -0.115. The van der Waals surface area contributed by atoms with Gasteiger partial charge in [0.05, 0.1) is 44.7 Å². The van der Waals surface area contributed by atoms with Crippen molar-refractivity contribution in [2.75, 3.05) is 38.5 Å². The summed E-state index contributed by atoms with van der Waals surface area (Å²) in [6, 6.07) is 7.12. The Bertz CT molecular complexity index is 965. The number of hydrogen-bond donors (Lipinski definition) is 2. The molecule has 0 saturated carbocycles. The van der Waals surface area contributed by atoms with Gasteiger partial charge < -0.3 is 24.3 Å². The van der Waals surface area contributed by atoms with Gasteiger partial charge in [-0.1, -0.05) is 6.92 Å². The predicted octanol–water partition coefficient (Wildman–Crippen LogP) is 2.87. The van der Waals surface area contributed by atoms with Crippen LogP contribution in [0.15, 0.2) is 35.2 Å². The average Bonchev–Trinajstić information content (AvgIpc) is 2.72. The molecule has 0 radical (unpaired) electrons. The van der Waals surface area contributed by atoms with Gasteiger partial charge >= 0.3 is 0 Å². The second kappa shape index (κ2) is 9.37. The number of sulfonamides is 1. The topological polar surface area (TPSA) is 112 Å². The number of anilines is 2. The van der Waals surface area contributed by atoms with Crippen molar-refractivity contribution in [3.8, 4) is 23.0 Å². The van der Waals surface area contributed by atoms with E-state index >= 15 is 0 Å². The average molecular weight is 424 g/mol. The van der Waals surface area contributed by atoms with E-state index in [0.717, 1.165) is 0 Å². The van der Waals surface area contributed by atoms with Gasteiger partial charge in [-0.15, -0.1) is 0 Å². The van der Waals surface area contributed by atoms with Crippen LogP contribution in [-0.4, -0.2) is 42.8 Å². The molecule has 9 nitrogen and oxygen atoms in total. The van der Waals surface area contributed by atoms with Crippen LogP contribution < -0.4 is 29.0 Å². The lowest BCUT2D eigenvalue weighted by Crippen LogP contribution is -2.15. The number of carbonyl (C=O) groups is 1. The van der Waals surface area contributed by atoms with Crippen molar-refractivity contribution in [2.45, 2.75) is 18.2 Å². The quantitative estimate of drug-likeness (QED) is 0.636. The molecular weight excluding hydrogens is 400 g/mol. The molecule has 0 unspecified atom stereocenters. The number of amides is 1. The van der Waals surface area contributed by atoms with E-state index in [9.17, 15) is 13.2 Å². The Balaban J connectivity index is 2.43. The number of rotatable bonds is 9. The Labute approximate surface area is 170 Å². The summed E-state index contributed by atoms with van der Waals surface area (Å²) < 4.78 is 49.1. The molecule has 0 aliphatic rings. The fraction of sp³-hybridized carbons (Fsp3) is 0.316. The maximum atomic E-state index is 12.9. The zero-order valence-electron chi connectivity index (χ0n) is 16.9. The minimum atomic E-state index is -3.98. The molecule has 0 bridgehead atoms. The number of nitrogens with one attached hydrogen (secondary N) is 2. The maximum absolute atomic E-state index is 12.9. The van der Waals surface area contributed by atoms with Gasteiger partial charge in [0.1, 0.15) is 5.75 Å². The SMILES string of the molecule is CCC(=O)Nc1cc(S(=O)(=O)Nc2cc(OC)c(OC)c(OC)c2)ccc1OC. The molecule has 0 heterocycles. The van der Waals surface area contributed by atoms with Gasteiger partial charge in [0, 0.05) is 18.6 Å². The first-order valence-corrected chi connectivity index (χ1v) is 10.1. The first kappa shape index (κ1) is 22.2. The molecule has 0 aliphatic carbocycles. The van der Waals surface area contributed by atoms with E-state index in [-0.39, 0.29) is 28.6 Å². The van der Waals surface area contributed by atoms with Crippen molar-refractivity contribution < 1.29 is 32.2 Å². The highest BCUT2D eigenvalue weighted by Crippen LogP contribution is 2.40. The molecule has 2 rings (SSSR count). The van der Waals surface area contributed by atoms with Gasteiger partial charge in [0.25, 0.3) is 10.0 Å². The van der Waals surface area contributed by atoms with Gasteiger partial charge in [0.2, 0.25) is 11.7 Å². The number of methoxy groups -OCH3 is 4. The van der Waals surface area contributed by atoms with E-state index in [1.807, 2.05) is 0 Å². The van der Waals surface area contributed by atoms with E-state index < -0.39 is 10.0 Å². The molecule has 1 amide bonds. The van der Waals surface area contributed by atoms with Crippen LogP contribution in [0.3, 0.4) is 0 Å². The zero-order chi connectivity index (χ0) is 21.6.